The summed E-state index contributed by atoms with van der Waals surface area (Å²) >= 11 is 0. The molecule has 1 saturated heterocycles. The van der Waals surface area contributed by atoms with Crippen molar-refractivity contribution in [2.24, 2.45) is 0 Å². The average molecular weight is 204 g/mol. The summed E-state index contributed by atoms with van der Waals surface area (Å²) in [6.07, 6.45) is 1.13. The number of carbonyl (C=O) groups is 1. The first-order valence-corrected chi connectivity index (χ1v) is 5.30. The van der Waals surface area contributed by atoms with Gasteiger partial charge in [-0.05, 0) is 43.5 Å². The van der Waals surface area contributed by atoms with Crippen molar-refractivity contribution in [3.63, 3.8) is 0 Å². The molecule has 15 heavy (non-hydrogen) atoms. The lowest BCUT2D eigenvalue weighted by Crippen LogP contribution is -2.44. The number of aryl methyl sites for hydroxylation is 2. The maximum Gasteiger partial charge on any atom is 0.321 e. The molecular formula is C12H16N2O. The molecule has 0 radical (unpaired) electrons. The molecule has 0 unspecified atom stereocenters. The van der Waals surface area contributed by atoms with Gasteiger partial charge in [-0.25, -0.2) is 4.79 Å². The third kappa shape index (κ3) is 2.12. The summed E-state index contributed by atoms with van der Waals surface area (Å²) in [5.74, 6) is 0. The zero-order valence-corrected chi connectivity index (χ0v) is 9.21. The SMILES string of the molecule is Cc1ccc(NC(=O)N2CCC2)cc1C. The fourth-order valence-corrected chi connectivity index (χ4v) is 1.54. The Morgan fingerprint density at radius 1 is 1.27 bits per heavy atom. The molecule has 1 aromatic rings. The van der Waals surface area contributed by atoms with Crippen molar-refractivity contribution in [3.8, 4) is 0 Å². The van der Waals surface area contributed by atoms with E-state index in [1.807, 2.05) is 23.1 Å². The molecule has 1 aromatic carbocycles. The lowest BCUT2D eigenvalue weighted by molar-refractivity contribution is 0.181. The van der Waals surface area contributed by atoms with Crippen molar-refractivity contribution in [1.82, 2.24) is 4.90 Å². The highest BCUT2D eigenvalue weighted by atomic mass is 16.2. The second-order valence-corrected chi connectivity index (χ2v) is 4.07. The second kappa shape index (κ2) is 3.93. The van der Waals surface area contributed by atoms with Crippen LogP contribution in [0.4, 0.5) is 10.5 Å². The molecule has 2 rings (SSSR count). The molecule has 1 heterocycles. The summed E-state index contributed by atoms with van der Waals surface area (Å²) in [7, 11) is 0. The Labute approximate surface area is 90.1 Å². The van der Waals surface area contributed by atoms with Crippen LogP contribution < -0.4 is 5.32 Å². The van der Waals surface area contributed by atoms with Gasteiger partial charge in [-0.15, -0.1) is 0 Å². The zero-order valence-electron chi connectivity index (χ0n) is 9.21. The van der Waals surface area contributed by atoms with Crippen LogP contribution in [0.15, 0.2) is 18.2 Å². The van der Waals surface area contributed by atoms with Gasteiger partial charge in [0.25, 0.3) is 0 Å². The first-order chi connectivity index (χ1) is 7.16. The number of anilines is 1. The van der Waals surface area contributed by atoms with E-state index >= 15 is 0 Å². The zero-order chi connectivity index (χ0) is 10.8. The summed E-state index contributed by atoms with van der Waals surface area (Å²) in [6, 6.07) is 6.00. The van der Waals surface area contributed by atoms with E-state index in [1.165, 1.54) is 11.1 Å². The van der Waals surface area contributed by atoms with E-state index in [4.69, 9.17) is 0 Å². The molecular weight excluding hydrogens is 188 g/mol. The monoisotopic (exact) mass is 204 g/mol. The number of nitrogens with zero attached hydrogens (tertiary/aromatic N) is 1. The lowest BCUT2D eigenvalue weighted by Gasteiger charge is -2.30. The smallest absolute Gasteiger partial charge is 0.321 e. The van der Waals surface area contributed by atoms with Crippen LogP contribution in [-0.4, -0.2) is 24.0 Å². The quantitative estimate of drug-likeness (QED) is 0.749. The normalized spacial score (nSPS) is 14.7. The van der Waals surface area contributed by atoms with Crippen molar-refractivity contribution in [3.05, 3.63) is 29.3 Å². The first kappa shape index (κ1) is 10.0. The molecule has 2 amide bonds. The van der Waals surface area contributed by atoms with Gasteiger partial charge in [0.1, 0.15) is 0 Å². The second-order valence-electron chi connectivity index (χ2n) is 4.07. The minimum atomic E-state index is 0.0181. The number of hydrogen-bond donors (Lipinski definition) is 1. The molecule has 1 aliphatic rings. The Balaban J connectivity index is 2.03. The van der Waals surface area contributed by atoms with E-state index in [0.717, 1.165) is 25.2 Å². The van der Waals surface area contributed by atoms with E-state index in [9.17, 15) is 4.79 Å². The Morgan fingerprint density at radius 3 is 2.53 bits per heavy atom. The highest BCUT2D eigenvalue weighted by Gasteiger charge is 2.19. The Bertz CT molecular complexity index is 383. The Kier molecular flexibility index (Phi) is 2.62. The van der Waals surface area contributed by atoms with Crippen molar-refractivity contribution >= 4 is 11.7 Å². The number of rotatable bonds is 1. The van der Waals surface area contributed by atoms with Gasteiger partial charge in [0.05, 0.1) is 0 Å². The standard InChI is InChI=1S/C12H16N2O/c1-9-4-5-11(8-10(9)2)13-12(15)14-6-3-7-14/h4-5,8H,3,6-7H2,1-2H3,(H,13,15). The minimum absolute atomic E-state index is 0.0181. The fourth-order valence-electron chi connectivity index (χ4n) is 1.54. The lowest BCUT2D eigenvalue weighted by atomic mass is 10.1. The number of nitrogens with one attached hydrogen (secondary N) is 1. The number of amides is 2. The predicted molar refractivity (Wildman–Crippen MR) is 61.1 cm³/mol. The van der Waals surface area contributed by atoms with E-state index in [1.54, 1.807) is 0 Å². The van der Waals surface area contributed by atoms with Crippen LogP contribution in [0.25, 0.3) is 0 Å². The number of carbonyl (C=O) groups excluding carboxylic acids is 1. The van der Waals surface area contributed by atoms with Gasteiger partial charge in [-0.3, -0.25) is 0 Å². The Morgan fingerprint density at radius 2 is 2.00 bits per heavy atom. The van der Waals surface area contributed by atoms with Crippen molar-refractivity contribution in [2.75, 3.05) is 18.4 Å². The number of urea groups is 1. The molecule has 0 atom stereocenters. The summed E-state index contributed by atoms with van der Waals surface area (Å²) in [5, 5.41) is 2.90. The molecule has 0 aromatic heterocycles. The third-order valence-electron chi connectivity index (χ3n) is 2.90. The molecule has 1 N–H and O–H groups in total. The van der Waals surface area contributed by atoms with Crippen LogP contribution >= 0.6 is 0 Å². The maximum absolute atomic E-state index is 11.6. The van der Waals surface area contributed by atoms with E-state index < -0.39 is 0 Å². The summed E-state index contributed by atoms with van der Waals surface area (Å²) in [4.78, 5) is 13.4. The Hall–Kier alpha value is -1.51. The summed E-state index contributed by atoms with van der Waals surface area (Å²) in [5.41, 5.74) is 3.34. The van der Waals surface area contributed by atoms with Crippen LogP contribution in [-0.2, 0) is 0 Å². The van der Waals surface area contributed by atoms with E-state index in [-0.39, 0.29) is 6.03 Å². The molecule has 3 heteroatoms. The molecule has 0 aliphatic carbocycles. The third-order valence-corrected chi connectivity index (χ3v) is 2.90. The maximum atomic E-state index is 11.6. The fraction of sp³-hybridized carbons (Fsp3) is 0.417. The van der Waals surface area contributed by atoms with Gasteiger partial charge < -0.3 is 10.2 Å². The number of benzene rings is 1. The predicted octanol–water partition coefficient (Wildman–Crippen LogP) is 2.54. The van der Waals surface area contributed by atoms with Crippen LogP contribution in [0.2, 0.25) is 0 Å². The van der Waals surface area contributed by atoms with Crippen LogP contribution in [0.5, 0.6) is 0 Å². The average Bonchev–Trinajstić information content (AvgIpc) is 2.08. The van der Waals surface area contributed by atoms with Crippen molar-refractivity contribution < 1.29 is 4.79 Å². The summed E-state index contributed by atoms with van der Waals surface area (Å²) in [6.45, 7) is 5.89. The molecule has 3 nitrogen and oxygen atoms in total. The van der Waals surface area contributed by atoms with Gasteiger partial charge in [0, 0.05) is 18.8 Å². The molecule has 1 fully saturated rings. The highest BCUT2D eigenvalue weighted by Crippen LogP contribution is 2.16. The summed E-state index contributed by atoms with van der Waals surface area (Å²) < 4.78 is 0. The van der Waals surface area contributed by atoms with Crippen molar-refractivity contribution in [1.29, 1.82) is 0 Å². The van der Waals surface area contributed by atoms with E-state index in [2.05, 4.69) is 19.2 Å². The van der Waals surface area contributed by atoms with Crippen LogP contribution in [0.1, 0.15) is 17.5 Å². The highest BCUT2D eigenvalue weighted by molar-refractivity contribution is 5.89. The van der Waals surface area contributed by atoms with Gasteiger partial charge in [-0.2, -0.15) is 0 Å². The molecule has 0 saturated carbocycles. The van der Waals surface area contributed by atoms with Gasteiger partial charge in [0.2, 0.25) is 0 Å². The van der Waals surface area contributed by atoms with E-state index in [0.29, 0.717) is 0 Å². The number of hydrogen-bond acceptors (Lipinski definition) is 1. The molecule has 0 spiro atoms. The molecule has 80 valence electrons. The topological polar surface area (TPSA) is 32.3 Å². The van der Waals surface area contributed by atoms with Crippen LogP contribution in [0, 0.1) is 13.8 Å². The van der Waals surface area contributed by atoms with Gasteiger partial charge >= 0.3 is 6.03 Å². The molecule has 1 aliphatic heterocycles. The van der Waals surface area contributed by atoms with Gasteiger partial charge in [0.15, 0.2) is 0 Å². The first-order valence-electron chi connectivity index (χ1n) is 5.30. The minimum Gasteiger partial charge on any atom is -0.324 e. The molecule has 0 bridgehead atoms. The van der Waals surface area contributed by atoms with Crippen LogP contribution in [0.3, 0.4) is 0 Å². The van der Waals surface area contributed by atoms with Gasteiger partial charge in [-0.1, -0.05) is 6.07 Å². The largest absolute Gasteiger partial charge is 0.324 e. The number of likely N-dealkylation sites (tertiary alicyclic amines) is 1. The van der Waals surface area contributed by atoms with Crippen molar-refractivity contribution in [2.45, 2.75) is 20.3 Å².